The van der Waals surface area contributed by atoms with Crippen LogP contribution in [0.1, 0.15) is 38.1 Å². The van der Waals surface area contributed by atoms with Gasteiger partial charge in [-0.25, -0.2) is 9.66 Å². The van der Waals surface area contributed by atoms with Crippen molar-refractivity contribution in [3.63, 3.8) is 0 Å². The Morgan fingerprint density at radius 3 is 2.34 bits per heavy atom. The molecule has 4 rings (SSSR count). The minimum atomic E-state index is -0.460. The molecule has 29 heavy (non-hydrogen) atoms. The molecule has 0 atom stereocenters. The molecule has 2 aromatic heterocycles. The molecule has 0 radical (unpaired) electrons. The number of hydrogen-bond acceptors (Lipinski definition) is 5. The van der Waals surface area contributed by atoms with Gasteiger partial charge >= 0.3 is 0 Å². The molecule has 0 aliphatic rings. The molecule has 144 valence electrons. The van der Waals surface area contributed by atoms with Gasteiger partial charge in [0.2, 0.25) is 0 Å². The van der Waals surface area contributed by atoms with Gasteiger partial charge in [-0.05, 0) is 24.6 Å². The predicted molar refractivity (Wildman–Crippen MR) is 113 cm³/mol. The van der Waals surface area contributed by atoms with Crippen molar-refractivity contribution < 1.29 is 9.59 Å². The van der Waals surface area contributed by atoms with E-state index in [0.717, 1.165) is 16.0 Å². The van der Waals surface area contributed by atoms with Crippen molar-refractivity contribution in [1.82, 2.24) is 9.66 Å². The van der Waals surface area contributed by atoms with Gasteiger partial charge in [-0.1, -0.05) is 49.4 Å². The summed E-state index contributed by atoms with van der Waals surface area (Å²) in [6.45, 7) is 2.01. The molecule has 0 unspecified atom stereocenters. The van der Waals surface area contributed by atoms with Gasteiger partial charge in [-0.2, -0.15) is 0 Å². The van der Waals surface area contributed by atoms with Crippen LogP contribution in [0, 0.1) is 0 Å². The highest BCUT2D eigenvalue weighted by atomic mass is 32.1. The summed E-state index contributed by atoms with van der Waals surface area (Å²) >= 11 is 1.47. The van der Waals surface area contributed by atoms with Crippen LogP contribution < -0.4 is 11.0 Å². The fraction of sp³-hybridized carbons (Fsp3) is 0.0909. The van der Waals surface area contributed by atoms with Gasteiger partial charge in [0.1, 0.15) is 11.2 Å². The number of nitrogens with zero attached hydrogens (tertiary/aromatic N) is 2. The average molecular weight is 403 g/mol. The first-order chi connectivity index (χ1) is 14.1. The summed E-state index contributed by atoms with van der Waals surface area (Å²) in [5.74, 6) is -0.578. The maximum Gasteiger partial charge on any atom is 0.280 e. The molecule has 0 saturated carbocycles. The van der Waals surface area contributed by atoms with E-state index < -0.39 is 5.91 Å². The SMILES string of the molecule is CCc1cc2c(=O)n(NC(=O)c3ccc(C(=O)c4ccccc4)cc3)cnc2s1. The fourth-order valence-corrected chi connectivity index (χ4v) is 3.86. The number of carbonyl (C=O) groups excluding carboxylic acids is 2. The molecular formula is C22H17N3O3S. The number of thiophene rings is 1. The van der Waals surface area contributed by atoms with Crippen LogP contribution >= 0.6 is 11.3 Å². The van der Waals surface area contributed by atoms with Gasteiger partial charge in [0.05, 0.1) is 5.39 Å². The maximum atomic E-state index is 12.6. The molecule has 1 amide bonds. The zero-order valence-electron chi connectivity index (χ0n) is 15.6. The van der Waals surface area contributed by atoms with Crippen LogP contribution in [0.15, 0.2) is 71.8 Å². The molecule has 0 aliphatic heterocycles. The second-order valence-corrected chi connectivity index (χ2v) is 7.53. The number of nitrogens with one attached hydrogen (secondary N) is 1. The second-order valence-electron chi connectivity index (χ2n) is 6.42. The number of ketones is 1. The van der Waals surface area contributed by atoms with E-state index in [2.05, 4.69) is 10.4 Å². The van der Waals surface area contributed by atoms with Crippen molar-refractivity contribution in [1.29, 1.82) is 0 Å². The highest BCUT2D eigenvalue weighted by Crippen LogP contribution is 2.20. The Morgan fingerprint density at radius 1 is 1.00 bits per heavy atom. The quantitative estimate of drug-likeness (QED) is 0.516. The Balaban J connectivity index is 1.54. The van der Waals surface area contributed by atoms with Crippen molar-refractivity contribution in [3.05, 3.63) is 98.9 Å². The zero-order valence-corrected chi connectivity index (χ0v) is 16.4. The minimum absolute atomic E-state index is 0.118. The summed E-state index contributed by atoms with van der Waals surface area (Å²) in [5, 5.41) is 0.485. The van der Waals surface area contributed by atoms with E-state index in [4.69, 9.17) is 0 Å². The van der Waals surface area contributed by atoms with Crippen molar-refractivity contribution in [2.24, 2.45) is 0 Å². The molecule has 0 bridgehead atoms. The summed E-state index contributed by atoms with van der Waals surface area (Å²) in [5.41, 5.74) is 3.63. The number of aryl methyl sites for hydroxylation is 1. The molecule has 4 aromatic rings. The third-order valence-electron chi connectivity index (χ3n) is 4.52. The smallest absolute Gasteiger partial charge is 0.280 e. The molecule has 2 aromatic carbocycles. The molecule has 0 fully saturated rings. The lowest BCUT2D eigenvalue weighted by Gasteiger charge is -2.08. The predicted octanol–water partition coefficient (Wildman–Crippen LogP) is 3.64. The number of fused-ring (bicyclic) bond motifs is 1. The van der Waals surface area contributed by atoms with E-state index in [-0.39, 0.29) is 11.3 Å². The van der Waals surface area contributed by atoms with E-state index in [9.17, 15) is 14.4 Å². The largest absolute Gasteiger partial charge is 0.289 e. The van der Waals surface area contributed by atoms with Gasteiger partial charge in [0.25, 0.3) is 11.5 Å². The van der Waals surface area contributed by atoms with Gasteiger partial charge in [-0.15, -0.1) is 11.3 Å². The first-order valence-electron chi connectivity index (χ1n) is 9.08. The van der Waals surface area contributed by atoms with Crippen molar-refractivity contribution >= 4 is 33.2 Å². The van der Waals surface area contributed by atoms with E-state index >= 15 is 0 Å². The Labute approximate surface area is 170 Å². The molecular weight excluding hydrogens is 386 g/mol. The van der Waals surface area contributed by atoms with Gasteiger partial charge in [0.15, 0.2) is 5.78 Å². The number of amides is 1. The Morgan fingerprint density at radius 2 is 1.66 bits per heavy atom. The van der Waals surface area contributed by atoms with Crippen LogP contribution in [-0.2, 0) is 6.42 Å². The Hall–Kier alpha value is -3.58. The molecule has 2 heterocycles. The topological polar surface area (TPSA) is 81.1 Å². The molecule has 7 heteroatoms. The third kappa shape index (κ3) is 3.72. The van der Waals surface area contributed by atoms with Crippen molar-refractivity contribution in [2.45, 2.75) is 13.3 Å². The summed E-state index contributed by atoms with van der Waals surface area (Å²) in [4.78, 5) is 43.6. The second kappa shape index (κ2) is 7.81. The molecule has 1 N–H and O–H groups in total. The fourth-order valence-electron chi connectivity index (χ4n) is 2.93. The third-order valence-corrected chi connectivity index (χ3v) is 5.71. The molecule has 6 nitrogen and oxygen atoms in total. The van der Waals surface area contributed by atoms with Crippen LogP contribution in [-0.4, -0.2) is 21.4 Å². The first kappa shape index (κ1) is 18.8. The lowest BCUT2D eigenvalue weighted by atomic mass is 10.0. The average Bonchev–Trinajstić information content (AvgIpc) is 3.20. The Kier molecular flexibility index (Phi) is 5.05. The summed E-state index contributed by atoms with van der Waals surface area (Å²) in [6, 6.07) is 17.1. The molecule has 0 spiro atoms. The summed E-state index contributed by atoms with van der Waals surface area (Å²) < 4.78 is 1.08. The maximum absolute atomic E-state index is 12.6. The normalized spacial score (nSPS) is 10.8. The highest BCUT2D eigenvalue weighted by Gasteiger charge is 2.13. The van der Waals surface area contributed by atoms with Crippen LogP contribution in [0.2, 0.25) is 0 Å². The summed E-state index contributed by atoms with van der Waals surface area (Å²) in [6.07, 6.45) is 2.13. The van der Waals surface area contributed by atoms with E-state index in [1.165, 1.54) is 17.7 Å². The van der Waals surface area contributed by atoms with E-state index in [0.29, 0.717) is 26.9 Å². The van der Waals surface area contributed by atoms with E-state index in [1.807, 2.05) is 19.1 Å². The van der Waals surface area contributed by atoms with E-state index in [1.54, 1.807) is 48.5 Å². The number of hydrogen-bond donors (Lipinski definition) is 1. The number of carbonyl (C=O) groups is 2. The van der Waals surface area contributed by atoms with Crippen LogP contribution in [0.25, 0.3) is 10.2 Å². The number of benzene rings is 2. The highest BCUT2D eigenvalue weighted by molar-refractivity contribution is 7.18. The standard InChI is InChI=1S/C22H17N3O3S/c1-2-17-12-18-21(29-17)23-13-25(22(18)28)24-20(27)16-10-8-15(9-11-16)19(26)14-6-4-3-5-7-14/h3-13H,2H2,1H3,(H,24,27). The summed E-state index contributed by atoms with van der Waals surface area (Å²) in [7, 11) is 0. The monoisotopic (exact) mass is 403 g/mol. The van der Waals surface area contributed by atoms with Crippen LogP contribution in [0.5, 0.6) is 0 Å². The lowest BCUT2D eigenvalue weighted by molar-refractivity contribution is 0.100. The Bertz CT molecular complexity index is 1260. The van der Waals surface area contributed by atoms with Crippen LogP contribution in [0.4, 0.5) is 0 Å². The first-order valence-corrected chi connectivity index (χ1v) is 9.89. The van der Waals surface area contributed by atoms with Crippen molar-refractivity contribution in [3.8, 4) is 0 Å². The zero-order chi connectivity index (χ0) is 20.4. The van der Waals surface area contributed by atoms with Crippen molar-refractivity contribution in [2.75, 3.05) is 5.43 Å². The van der Waals surface area contributed by atoms with Crippen LogP contribution in [0.3, 0.4) is 0 Å². The van der Waals surface area contributed by atoms with Gasteiger partial charge in [0, 0.05) is 21.6 Å². The lowest BCUT2D eigenvalue weighted by Crippen LogP contribution is -2.33. The molecule has 0 saturated heterocycles. The minimum Gasteiger partial charge on any atom is -0.289 e. The molecule has 0 aliphatic carbocycles. The van der Waals surface area contributed by atoms with Gasteiger partial charge in [-0.3, -0.25) is 19.8 Å². The number of rotatable bonds is 5. The van der Waals surface area contributed by atoms with Gasteiger partial charge < -0.3 is 0 Å². The number of aromatic nitrogens is 2.